The summed E-state index contributed by atoms with van der Waals surface area (Å²) < 4.78 is 7.83. The first-order valence-corrected chi connectivity index (χ1v) is 12.7. The molecule has 0 saturated carbocycles. The number of hydrogen-bond donors (Lipinski definition) is 1. The Hall–Kier alpha value is -5.41. The third-order valence-corrected chi connectivity index (χ3v) is 6.48. The van der Waals surface area contributed by atoms with Crippen LogP contribution in [0.3, 0.4) is 0 Å². The van der Waals surface area contributed by atoms with Crippen LogP contribution >= 0.6 is 0 Å². The molecule has 0 atom stereocenters. The van der Waals surface area contributed by atoms with Crippen LogP contribution in [0.5, 0.6) is 5.75 Å². The van der Waals surface area contributed by atoms with Gasteiger partial charge in [0, 0.05) is 17.3 Å². The van der Waals surface area contributed by atoms with Gasteiger partial charge in [-0.05, 0) is 67.1 Å². The molecule has 6 rings (SSSR count). The number of nitrogens with zero attached hydrogens (tertiary/aromatic N) is 4. The van der Waals surface area contributed by atoms with Gasteiger partial charge >= 0.3 is 0 Å². The molecule has 6 heteroatoms. The van der Waals surface area contributed by atoms with Crippen molar-refractivity contribution in [3.05, 3.63) is 132 Å². The summed E-state index contributed by atoms with van der Waals surface area (Å²) >= 11 is 0. The number of benzene rings is 4. The van der Waals surface area contributed by atoms with Crippen LogP contribution in [0, 0.1) is 18.3 Å². The van der Waals surface area contributed by atoms with Gasteiger partial charge in [0.1, 0.15) is 24.3 Å². The van der Waals surface area contributed by atoms with E-state index in [0.29, 0.717) is 18.0 Å². The maximum atomic E-state index is 10.0. The molecule has 6 nitrogen and oxygen atoms in total. The molecule has 4 aromatic carbocycles. The number of nitriles is 1. The highest BCUT2D eigenvalue weighted by molar-refractivity contribution is 5.92. The van der Waals surface area contributed by atoms with Crippen LogP contribution in [-0.2, 0) is 6.61 Å². The van der Waals surface area contributed by atoms with Crippen LogP contribution in [0.2, 0.25) is 0 Å². The van der Waals surface area contributed by atoms with Crippen LogP contribution in [-0.4, -0.2) is 19.7 Å². The van der Waals surface area contributed by atoms with Crippen molar-refractivity contribution in [3.63, 3.8) is 0 Å². The second-order valence-electron chi connectivity index (χ2n) is 9.28. The minimum absolute atomic E-state index is 0.429. The molecule has 0 saturated heterocycles. The van der Waals surface area contributed by atoms with E-state index in [0.717, 1.165) is 44.9 Å². The van der Waals surface area contributed by atoms with Crippen LogP contribution in [0.1, 0.15) is 22.5 Å². The normalized spacial score (nSPS) is 11.4. The molecule has 0 fully saturated rings. The van der Waals surface area contributed by atoms with E-state index in [4.69, 9.17) is 9.84 Å². The molecule has 0 amide bonds. The molecule has 2 heterocycles. The van der Waals surface area contributed by atoms with E-state index >= 15 is 0 Å². The molecule has 0 spiro atoms. The summed E-state index contributed by atoms with van der Waals surface area (Å²) in [7, 11) is 0. The zero-order chi connectivity index (χ0) is 26.6. The van der Waals surface area contributed by atoms with Gasteiger partial charge in [0.25, 0.3) is 0 Å². The molecule has 1 N–H and O–H groups in total. The average molecular weight is 508 g/mol. The van der Waals surface area contributed by atoms with E-state index in [9.17, 15) is 5.26 Å². The SMILES string of the molecule is Cc1ccc(COc2ccc(-c3nn(-c4ccccc4)cc3C=C(C#N)c3nc4ccccc4[nH]3)cc2)cc1. The fraction of sp³-hybridized carbons (Fsp3) is 0.0606. The lowest BCUT2D eigenvalue weighted by atomic mass is 10.1. The lowest BCUT2D eigenvalue weighted by molar-refractivity contribution is 0.306. The highest BCUT2D eigenvalue weighted by Crippen LogP contribution is 2.29. The van der Waals surface area contributed by atoms with Gasteiger partial charge in [0.2, 0.25) is 0 Å². The fourth-order valence-corrected chi connectivity index (χ4v) is 4.38. The Kier molecular flexibility index (Phi) is 6.46. The first-order chi connectivity index (χ1) is 19.2. The van der Waals surface area contributed by atoms with Crippen molar-refractivity contribution in [2.45, 2.75) is 13.5 Å². The molecule has 188 valence electrons. The fourth-order valence-electron chi connectivity index (χ4n) is 4.38. The molecular weight excluding hydrogens is 482 g/mol. The van der Waals surface area contributed by atoms with Crippen LogP contribution in [0.15, 0.2) is 109 Å². The third kappa shape index (κ3) is 5.20. The van der Waals surface area contributed by atoms with Crippen molar-refractivity contribution < 1.29 is 4.74 Å². The Balaban J connectivity index is 1.34. The maximum absolute atomic E-state index is 10.0. The Morgan fingerprint density at radius 3 is 2.41 bits per heavy atom. The van der Waals surface area contributed by atoms with Crippen molar-refractivity contribution in [2.75, 3.05) is 0 Å². The van der Waals surface area contributed by atoms with Gasteiger partial charge < -0.3 is 9.72 Å². The van der Waals surface area contributed by atoms with E-state index in [2.05, 4.69) is 47.2 Å². The number of nitrogens with one attached hydrogen (secondary N) is 1. The van der Waals surface area contributed by atoms with Gasteiger partial charge in [-0.25, -0.2) is 9.67 Å². The molecule has 0 aliphatic carbocycles. The first-order valence-electron chi connectivity index (χ1n) is 12.7. The second kappa shape index (κ2) is 10.5. The number of imidazole rings is 1. The number of aromatic nitrogens is 4. The maximum Gasteiger partial charge on any atom is 0.149 e. The summed E-state index contributed by atoms with van der Waals surface area (Å²) in [6, 6.07) is 36.2. The largest absolute Gasteiger partial charge is 0.489 e. The van der Waals surface area contributed by atoms with Crippen molar-refractivity contribution in [3.8, 4) is 28.8 Å². The van der Waals surface area contributed by atoms with Crippen molar-refractivity contribution in [1.29, 1.82) is 5.26 Å². The molecule has 39 heavy (non-hydrogen) atoms. The lowest BCUT2D eigenvalue weighted by Crippen LogP contribution is -1.96. The third-order valence-electron chi connectivity index (χ3n) is 6.48. The Bertz CT molecular complexity index is 1770. The van der Waals surface area contributed by atoms with E-state index in [1.807, 2.05) is 95.8 Å². The van der Waals surface area contributed by atoms with E-state index < -0.39 is 0 Å². The average Bonchev–Trinajstić information content (AvgIpc) is 3.61. The first kappa shape index (κ1) is 24.0. The van der Waals surface area contributed by atoms with Gasteiger partial charge in [-0.3, -0.25) is 0 Å². The van der Waals surface area contributed by atoms with Crippen molar-refractivity contribution >= 4 is 22.7 Å². The minimum Gasteiger partial charge on any atom is -0.489 e. The lowest BCUT2D eigenvalue weighted by Gasteiger charge is -2.08. The molecule has 0 unspecified atom stereocenters. The van der Waals surface area contributed by atoms with E-state index in [-0.39, 0.29) is 0 Å². The van der Waals surface area contributed by atoms with Crippen molar-refractivity contribution in [1.82, 2.24) is 19.7 Å². The Morgan fingerprint density at radius 1 is 0.923 bits per heavy atom. The standard InChI is InChI=1S/C33H25N5O/c1-23-11-13-24(14-12-23)22-39-29-17-15-25(16-18-29)32-27(21-38(37-32)28-7-3-2-4-8-28)19-26(20-34)33-35-30-9-5-6-10-31(30)36-33/h2-19,21H,22H2,1H3,(H,35,36). The predicted octanol–water partition coefficient (Wildman–Crippen LogP) is 7.37. The Labute approximate surface area is 226 Å². The zero-order valence-electron chi connectivity index (χ0n) is 21.4. The highest BCUT2D eigenvalue weighted by atomic mass is 16.5. The number of H-pyrrole nitrogens is 1. The van der Waals surface area contributed by atoms with Gasteiger partial charge in [0.05, 0.1) is 28.0 Å². The quantitative estimate of drug-likeness (QED) is 0.229. The number of hydrogen-bond acceptors (Lipinski definition) is 4. The minimum atomic E-state index is 0.429. The summed E-state index contributed by atoms with van der Waals surface area (Å²) in [5.41, 5.74) is 7.88. The molecule has 0 aliphatic rings. The highest BCUT2D eigenvalue weighted by Gasteiger charge is 2.15. The molecule has 0 bridgehead atoms. The molecular formula is C33H25N5O. The molecule has 6 aromatic rings. The van der Waals surface area contributed by atoms with Gasteiger partial charge in [-0.1, -0.05) is 60.2 Å². The summed E-state index contributed by atoms with van der Waals surface area (Å²) in [5.74, 6) is 1.30. The van der Waals surface area contributed by atoms with Crippen LogP contribution < -0.4 is 4.74 Å². The second-order valence-corrected chi connectivity index (χ2v) is 9.28. The molecule has 2 aromatic heterocycles. The predicted molar refractivity (Wildman–Crippen MR) is 154 cm³/mol. The summed E-state index contributed by atoms with van der Waals surface area (Å²) in [6.07, 6.45) is 3.77. The topological polar surface area (TPSA) is 79.5 Å². The summed E-state index contributed by atoms with van der Waals surface area (Å²) in [4.78, 5) is 7.88. The number of para-hydroxylation sites is 3. The van der Waals surface area contributed by atoms with Crippen LogP contribution in [0.25, 0.3) is 39.6 Å². The summed E-state index contributed by atoms with van der Waals surface area (Å²) in [6.45, 7) is 2.57. The molecule has 0 aliphatic heterocycles. The number of aryl methyl sites for hydroxylation is 1. The van der Waals surface area contributed by atoms with Gasteiger partial charge in [-0.2, -0.15) is 10.4 Å². The molecule has 0 radical (unpaired) electrons. The van der Waals surface area contributed by atoms with Gasteiger partial charge in [-0.15, -0.1) is 0 Å². The van der Waals surface area contributed by atoms with Crippen LogP contribution in [0.4, 0.5) is 0 Å². The zero-order valence-corrected chi connectivity index (χ0v) is 21.4. The van der Waals surface area contributed by atoms with Crippen molar-refractivity contribution in [2.24, 2.45) is 0 Å². The van der Waals surface area contributed by atoms with E-state index in [1.165, 1.54) is 5.56 Å². The van der Waals surface area contributed by atoms with Gasteiger partial charge in [0.15, 0.2) is 0 Å². The Morgan fingerprint density at radius 2 is 1.67 bits per heavy atom. The number of aromatic amines is 1. The number of fused-ring (bicyclic) bond motifs is 1. The van der Waals surface area contributed by atoms with E-state index in [1.54, 1.807) is 0 Å². The number of ether oxygens (including phenoxy) is 1. The smallest absolute Gasteiger partial charge is 0.149 e. The monoisotopic (exact) mass is 507 g/mol. The summed E-state index contributed by atoms with van der Waals surface area (Å²) in [5, 5.41) is 14.9. The number of rotatable bonds is 7. The number of allylic oxidation sites excluding steroid dienone is 1.